The molecule has 1 unspecified atom stereocenters. The molecule has 1 aromatic heterocycles. The Labute approximate surface area is 103 Å². The number of halogens is 1. The number of rotatable bonds is 3. The van der Waals surface area contributed by atoms with Crippen LogP contribution in [0.25, 0.3) is 10.9 Å². The molecule has 1 aromatic carbocycles. The second-order valence-corrected chi connectivity index (χ2v) is 5.05. The van der Waals surface area contributed by atoms with Crippen LogP contribution in [-0.4, -0.2) is 15.6 Å². The van der Waals surface area contributed by atoms with E-state index in [1.165, 1.54) is 0 Å². The van der Waals surface area contributed by atoms with Gasteiger partial charge in [0, 0.05) is 22.7 Å². The van der Waals surface area contributed by atoms with Crippen molar-refractivity contribution in [3.05, 3.63) is 35.5 Å². The van der Waals surface area contributed by atoms with Gasteiger partial charge in [-0.2, -0.15) is 0 Å². The zero-order valence-corrected chi connectivity index (χ0v) is 11.0. The molecule has 1 heterocycles. The third-order valence-electron chi connectivity index (χ3n) is 2.82. The van der Waals surface area contributed by atoms with Gasteiger partial charge < -0.3 is 4.98 Å². The maximum Gasteiger partial charge on any atom is 0.178 e. The molecule has 0 saturated carbocycles. The van der Waals surface area contributed by atoms with Crippen LogP contribution in [0.5, 0.6) is 0 Å². The largest absolute Gasteiger partial charge is 0.360 e. The van der Waals surface area contributed by atoms with Gasteiger partial charge in [-0.05, 0) is 25.0 Å². The first-order chi connectivity index (χ1) is 7.65. The minimum Gasteiger partial charge on any atom is -0.360 e. The minimum absolute atomic E-state index is 0.0916. The maximum absolute atomic E-state index is 12.1. The van der Waals surface area contributed by atoms with Crippen LogP contribution in [0.15, 0.2) is 24.4 Å². The van der Waals surface area contributed by atoms with E-state index in [0.29, 0.717) is 0 Å². The van der Waals surface area contributed by atoms with Gasteiger partial charge >= 0.3 is 0 Å². The second kappa shape index (κ2) is 4.42. The number of carbonyl (C=O) groups excluding carboxylic acids is 1. The van der Waals surface area contributed by atoms with Gasteiger partial charge in [-0.3, -0.25) is 4.79 Å². The Morgan fingerprint density at radius 3 is 2.94 bits per heavy atom. The first-order valence-electron chi connectivity index (χ1n) is 5.40. The van der Waals surface area contributed by atoms with Crippen molar-refractivity contribution in [1.82, 2.24) is 4.98 Å². The highest BCUT2D eigenvalue weighted by Crippen LogP contribution is 2.25. The summed E-state index contributed by atoms with van der Waals surface area (Å²) in [6, 6.07) is 6.02. The number of carbonyl (C=O) groups is 1. The van der Waals surface area contributed by atoms with Gasteiger partial charge in [0.1, 0.15) is 0 Å². The molecular weight excluding hydrogens is 266 g/mol. The number of nitrogens with one attached hydrogen (secondary N) is 1. The fraction of sp³-hybridized carbons (Fsp3) is 0.308. The van der Waals surface area contributed by atoms with E-state index < -0.39 is 0 Å². The molecule has 0 aliphatic heterocycles. The number of alkyl halides is 1. The lowest BCUT2D eigenvalue weighted by Gasteiger charge is -2.05. The Hall–Kier alpha value is -1.09. The molecule has 0 spiro atoms. The summed E-state index contributed by atoms with van der Waals surface area (Å²) < 4.78 is 0. The maximum atomic E-state index is 12.1. The van der Waals surface area contributed by atoms with Crippen LogP contribution < -0.4 is 0 Å². The lowest BCUT2D eigenvalue weighted by molar-refractivity contribution is 0.0992. The van der Waals surface area contributed by atoms with E-state index in [4.69, 9.17) is 0 Å². The van der Waals surface area contributed by atoms with E-state index in [1.807, 2.05) is 38.2 Å². The van der Waals surface area contributed by atoms with Crippen molar-refractivity contribution in [2.45, 2.75) is 25.1 Å². The van der Waals surface area contributed by atoms with Gasteiger partial charge in [0.25, 0.3) is 0 Å². The number of H-pyrrole nitrogens is 1. The number of aromatic amines is 1. The van der Waals surface area contributed by atoms with Crippen molar-refractivity contribution < 1.29 is 4.79 Å². The molecule has 0 radical (unpaired) electrons. The third kappa shape index (κ3) is 1.80. The highest BCUT2D eigenvalue weighted by molar-refractivity contribution is 9.10. The van der Waals surface area contributed by atoms with Gasteiger partial charge in [0.2, 0.25) is 0 Å². The quantitative estimate of drug-likeness (QED) is 0.672. The fourth-order valence-corrected chi connectivity index (χ4v) is 2.16. The summed E-state index contributed by atoms with van der Waals surface area (Å²) >= 11 is 3.41. The van der Waals surface area contributed by atoms with Crippen LogP contribution in [0.4, 0.5) is 0 Å². The molecule has 0 amide bonds. The van der Waals surface area contributed by atoms with Crippen LogP contribution in [0.2, 0.25) is 0 Å². The highest BCUT2D eigenvalue weighted by Gasteiger charge is 2.19. The molecule has 0 saturated heterocycles. The molecule has 1 N–H and O–H groups in total. The number of Topliss-reactive ketones (excluding diaryl/α,β-unsaturated/α-hetero) is 1. The molecule has 0 aliphatic carbocycles. The molecular formula is C13H14BrNO. The van der Waals surface area contributed by atoms with Crippen molar-refractivity contribution in [2.75, 3.05) is 0 Å². The topological polar surface area (TPSA) is 32.9 Å². The van der Waals surface area contributed by atoms with Crippen LogP contribution in [-0.2, 0) is 0 Å². The van der Waals surface area contributed by atoms with Crippen molar-refractivity contribution in [2.24, 2.45) is 0 Å². The van der Waals surface area contributed by atoms with E-state index in [-0.39, 0.29) is 10.6 Å². The van der Waals surface area contributed by atoms with Gasteiger partial charge in [0.05, 0.1) is 4.83 Å². The van der Waals surface area contributed by atoms with Gasteiger partial charge in [0.15, 0.2) is 5.78 Å². The van der Waals surface area contributed by atoms with Crippen LogP contribution >= 0.6 is 15.9 Å². The average molecular weight is 280 g/mol. The zero-order chi connectivity index (χ0) is 11.7. The molecule has 2 rings (SSSR count). The number of fused-ring (bicyclic) bond motifs is 1. The Bertz CT molecular complexity index is 530. The minimum atomic E-state index is -0.0916. The summed E-state index contributed by atoms with van der Waals surface area (Å²) in [4.78, 5) is 15.2. The standard InChI is InChI=1S/C13H14BrNO/c1-3-10(14)13(16)9-7-15-11-6-4-5-8(2)12(9)11/h4-7,10,15H,3H2,1-2H3. The average Bonchev–Trinajstić information content (AvgIpc) is 2.72. The fourth-order valence-electron chi connectivity index (χ4n) is 1.92. The smallest absolute Gasteiger partial charge is 0.178 e. The van der Waals surface area contributed by atoms with Crippen molar-refractivity contribution in [3.8, 4) is 0 Å². The van der Waals surface area contributed by atoms with Crippen molar-refractivity contribution >= 4 is 32.6 Å². The van der Waals surface area contributed by atoms with Gasteiger partial charge in [-0.25, -0.2) is 0 Å². The number of hydrogen-bond acceptors (Lipinski definition) is 1. The first-order valence-corrected chi connectivity index (χ1v) is 6.31. The summed E-state index contributed by atoms with van der Waals surface area (Å²) in [7, 11) is 0. The number of hydrogen-bond donors (Lipinski definition) is 1. The molecule has 3 heteroatoms. The van der Waals surface area contributed by atoms with E-state index in [0.717, 1.165) is 28.5 Å². The summed E-state index contributed by atoms with van der Waals surface area (Å²) in [6.07, 6.45) is 2.61. The predicted molar refractivity (Wildman–Crippen MR) is 70.4 cm³/mol. The summed E-state index contributed by atoms with van der Waals surface area (Å²) in [5.74, 6) is 0.156. The Morgan fingerprint density at radius 2 is 2.25 bits per heavy atom. The summed E-state index contributed by atoms with van der Waals surface area (Å²) in [6.45, 7) is 4.03. The molecule has 16 heavy (non-hydrogen) atoms. The zero-order valence-electron chi connectivity index (χ0n) is 9.38. The Kier molecular flexibility index (Phi) is 3.15. The number of aryl methyl sites for hydroxylation is 1. The van der Waals surface area contributed by atoms with Gasteiger partial charge in [-0.1, -0.05) is 35.0 Å². The van der Waals surface area contributed by atoms with E-state index >= 15 is 0 Å². The van der Waals surface area contributed by atoms with Crippen LogP contribution in [0, 0.1) is 6.92 Å². The Balaban J connectivity index is 2.57. The summed E-state index contributed by atoms with van der Waals surface area (Å²) in [5.41, 5.74) is 2.95. The number of ketones is 1. The molecule has 0 fully saturated rings. The monoisotopic (exact) mass is 279 g/mol. The van der Waals surface area contributed by atoms with Crippen molar-refractivity contribution in [3.63, 3.8) is 0 Å². The summed E-state index contributed by atoms with van der Waals surface area (Å²) in [5, 5.41) is 1.05. The van der Waals surface area contributed by atoms with E-state index in [1.54, 1.807) is 0 Å². The predicted octanol–water partition coefficient (Wildman–Crippen LogP) is 3.83. The van der Waals surface area contributed by atoms with Crippen LogP contribution in [0.1, 0.15) is 29.3 Å². The molecule has 1 atom stereocenters. The van der Waals surface area contributed by atoms with E-state index in [2.05, 4.69) is 20.9 Å². The van der Waals surface area contributed by atoms with Gasteiger partial charge in [-0.15, -0.1) is 0 Å². The molecule has 2 nitrogen and oxygen atoms in total. The molecule has 2 aromatic rings. The molecule has 84 valence electrons. The highest BCUT2D eigenvalue weighted by atomic mass is 79.9. The lowest BCUT2D eigenvalue weighted by atomic mass is 10.0. The Morgan fingerprint density at radius 1 is 1.50 bits per heavy atom. The molecule has 0 aliphatic rings. The number of benzene rings is 1. The SMILES string of the molecule is CCC(Br)C(=O)c1c[nH]c2cccc(C)c12. The van der Waals surface area contributed by atoms with E-state index in [9.17, 15) is 4.79 Å². The molecule has 0 bridgehead atoms. The lowest BCUT2D eigenvalue weighted by Crippen LogP contribution is -2.12. The third-order valence-corrected chi connectivity index (χ3v) is 3.89. The normalized spacial score (nSPS) is 12.9. The number of aromatic nitrogens is 1. The van der Waals surface area contributed by atoms with Crippen LogP contribution in [0.3, 0.4) is 0 Å². The second-order valence-electron chi connectivity index (χ2n) is 3.94. The van der Waals surface area contributed by atoms with Crippen molar-refractivity contribution in [1.29, 1.82) is 0 Å². The first kappa shape index (κ1) is 11.4.